The molecule has 0 N–H and O–H groups in total. The van der Waals surface area contributed by atoms with Crippen LogP contribution in [0.15, 0.2) is 65.7 Å². The number of benzene rings is 2. The molecule has 1 aliphatic rings. The summed E-state index contributed by atoms with van der Waals surface area (Å²) in [6, 6.07) is 13.0. The number of rotatable bonds is 3. The number of nitro groups is 1. The molecule has 0 aliphatic carbocycles. The molecular formula is C22H14N6O5. The summed E-state index contributed by atoms with van der Waals surface area (Å²) < 4.78 is 14.0. The summed E-state index contributed by atoms with van der Waals surface area (Å²) in [7, 11) is 0. The van der Waals surface area contributed by atoms with Gasteiger partial charge in [0.25, 0.3) is 17.0 Å². The lowest BCUT2D eigenvalue weighted by Crippen LogP contribution is -2.19. The van der Waals surface area contributed by atoms with E-state index >= 15 is 0 Å². The second kappa shape index (κ2) is 7.12. The standard InChI is InChI=1S/C22H14N6O5/c29-21-16-12-23-22-24-20(13-4-5-18-19(10-13)33-9-8-32-18)25-27(22)17(16)6-7-26(21)14-2-1-3-15(11-14)28(30)31/h1-7,10-12H,8-9H2. The lowest BCUT2D eigenvalue weighted by molar-refractivity contribution is -0.384. The van der Waals surface area contributed by atoms with E-state index in [0.717, 1.165) is 5.56 Å². The topological polar surface area (TPSA) is 127 Å². The van der Waals surface area contributed by atoms with E-state index in [1.807, 2.05) is 6.07 Å². The smallest absolute Gasteiger partial charge is 0.271 e. The van der Waals surface area contributed by atoms with Crippen LogP contribution < -0.4 is 15.0 Å². The van der Waals surface area contributed by atoms with Crippen LogP contribution in [0.5, 0.6) is 11.5 Å². The average molecular weight is 442 g/mol. The summed E-state index contributed by atoms with van der Waals surface area (Å²) in [6.07, 6.45) is 2.98. The maximum atomic E-state index is 13.2. The molecule has 0 bridgehead atoms. The minimum Gasteiger partial charge on any atom is -0.486 e. The molecule has 0 radical (unpaired) electrons. The Morgan fingerprint density at radius 3 is 2.73 bits per heavy atom. The van der Waals surface area contributed by atoms with Gasteiger partial charge in [0.15, 0.2) is 17.3 Å². The van der Waals surface area contributed by atoms with E-state index in [9.17, 15) is 14.9 Å². The average Bonchev–Trinajstić information content (AvgIpc) is 3.29. The third-order valence-corrected chi connectivity index (χ3v) is 5.35. The first kappa shape index (κ1) is 18.9. The quantitative estimate of drug-likeness (QED) is 0.308. The molecule has 0 spiro atoms. The van der Waals surface area contributed by atoms with Crippen LogP contribution in [-0.2, 0) is 0 Å². The molecular weight excluding hydrogens is 428 g/mol. The van der Waals surface area contributed by atoms with Crippen molar-refractivity contribution in [2.75, 3.05) is 13.2 Å². The van der Waals surface area contributed by atoms with E-state index in [1.54, 1.807) is 30.5 Å². The Kier molecular flexibility index (Phi) is 4.09. The molecule has 0 fully saturated rings. The largest absolute Gasteiger partial charge is 0.486 e. The zero-order chi connectivity index (χ0) is 22.5. The SMILES string of the molecule is O=c1c2cnc3nc(-c4ccc5c(c4)OCCO5)nn3c2ccn1-c1cccc([N+](=O)[O-])c1. The Morgan fingerprint density at radius 2 is 1.88 bits per heavy atom. The van der Waals surface area contributed by atoms with Gasteiger partial charge in [-0.25, -0.2) is 4.98 Å². The zero-order valence-corrected chi connectivity index (χ0v) is 16.9. The number of hydrogen-bond acceptors (Lipinski definition) is 8. The van der Waals surface area contributed by atoms with Crippen molar-refractivity contribution in [3.8, 4) is 28.6 Å². The van der Waals surface area contributed by atoms with Gasteiger partial charge in [0.2, 0.25) is 0 Å². The van der Waals surface area contributed by atoms with Gasteiger partial charge in [-0.1, -0.05) is 6.07 Å². The van der Waals surface area contributed by atoms with Gasteiger partial charge in [-0.15, -0.1) is 5.10 Å². The van der Waals surface area contributed by atoms with Crippen LogP contribution in [0, 0.1) is 10.1 Å². The predicted octanol–water partition coefficient (Wildman–Crippen LogP) is 2.77. The fourth-order valence-electron chi connectivity index (χ4n) is 3.78. The summed E-state index contributed by atoms with van der Waals surface area (Å²) in [6.45, 7) is 0.973. The molecule has 2 aromatic carbocycles. The summed E-state index contributed by atoms with van der Waals surface area (Å²) >= 11 is 0. The summed E-state index contributed by atoms with van der Waals surface area (Å²) in [4.78, 5) is 32.5. The van der Waals surface area contributed by atoms with Crippen LogP contribution in [0.1, 0.15) is 0 Å². The Hall–Kier alpha value is -4.80. The van der Waals surface area contributed by atoms with Gasteiger partial charge < -0.3 is 9.47 Å². The number of ether oxygens (including phenoxy) is 2. The van der Waals surface area contributed by atoms with Crippen molar-refractivity contribution < 1.29 is 14.4 Å². The first-order valence-electron chi connectivity index (χ1n) is 10.0. The fraction of sp³-hybridized carbons (Fsp3) is 0.0909. The monoisotopic (exact) mass is 442 g/mol. The van der Waals surface area contributed by atoms with Crippen molar-refractivity contribution in [3.63, 3.8) is 0 Å². The van der Waals surface area contributed by atoms with E-state index in [2.05, 4.69) is 15.1 Å². The molecule has 0 saturated heterocycles. The Balaban J connectivity index is 1.48. The Bertz CT molecular complexity index is 1640. The number of hydrogen-bond donors (Lipinski definition) is 0. The molecule has 6 rings (SSSR count). The predicted molar refractivity (Wildman–Crippen MR) is 117 cm³/mol. The first-order chi connectivity index (χ1) is 16.1. The molecule has 11 heteroatoms. The van der Waals surface area contributed by atoms with Crippen LogP contribution in [0.4, 0.5) is 5.69 Å². The summed E-state index contributed by atoms with van der Waals surface area (Å²) in [5.41, 5.74) is 1.14. The van der Waals surface area contributed by atoms with Gasteiger partial charge in [0, 0.05) is 30.1 Å². The van der Waals surface area contributed by atoms with Crippen LogP contribution in [0.2, 0.25) is 0 Å². The number of nitrogens with zero attached hydrogens (tertiary/aromatic N) is 6. The van der Waals surface area contributed by atoms with Gasteiger partial charge in [0.05, 0.1) is 21.5 Å². The lowest BCUT2D eigenvalue weighted by atomic mass is 10.2. The number of nitro benzene ring substituents is 1. The van der Waals surface area contributed by atoms with E-state index < -0.39 is 4.92 Å². The minimum absolute atomic E-state index is 0.103. The van der Waals surface area contributed by atoms with Crippen molar-refractivity contribution >= 4 is 22.4 Å². The third kappa shape index (κ3) is 3.05. The van der Waals surface area contributed by atoms with E-state index in [-0.39, 0.29) is 11.2 Å². The van der Waals surface area contributed by atoms with Crippen molar-refractivity contribution in [1.82, 2.24) is 24.1 Å². The number of fused-ring (bicyclic) bond motifs is 4. The number of aromatic nitrogens is 5. The van der Waals surface area contributed by atoms with Crippen molar-refractivity contribution in [2.45, 2.75) is 0 Å². The zero-order valence-electron chi connectivity index (χ0n) is 16.9. The van der Waals surface area contributed by atoms with Crippen LogP contribution in [0.3, 0.4) is 0 Å². The van der Waals surface area contributed by atoms with E-state index in [4.69, 9.17) is 9.47 Å². The normalized spacial score (nSPS) is 12.8. The first-order valence-corrected chi connectivity index (χ1v) is 10.0. The fourth-order valence-corrected chi connectivity index (χ4v) is 3.78. The van der Waals surface area contributed by atoms with Crippen molar-refractivity contribution in [3.05, 3.63) is 81.4 Å². The summed E-state index contributed by atoms with van der Waals surface area (Å²) in [5, 5.41) is 16.0. The van der Waals surface area contributed by atoms with Gasteiger partial charge >= 0.3 is 0 Å². The van der Waals surface area contributed by atoms with Gasteiger partial charge in [0.1, 0.15) is 13.2 Å². The van der Waals surface area contributed by atoms with Crippen LogP contribution in [0.25, 0.3) is 33.8 Å². The van der Waals surface area contributed by atoms with Crippen molar-refractivity contribution in [1.29, 1.82) is 0 Å². The Labute approximate surface area is 184 Å². The molecule has 11 nitrogen and oxygen atoms in total. The molecule has 162 valence electrons. The van der Waals surface area contributed by atoms with Crippen LogP contribution >= 0.6 is 0 Å². The van der Waals surface area contributed by atoms with Crippen LogP contribution in [-0.4, -0.2) is 42.3 Å². The Morgan fingerprint density at radius 1 is 1.03 bits per heavy atom. The highest BCUT2D eigenvalue weighted by atomic mass is 16.6. The molecule has 0 amide bonds. The van der Waals surface area contributed by atoms with Gasteiger partial charge in [-0.2, -0.15) is 9.50 Å². The second-order valence-corrected chi connectivity index (χ2v) is 7.33. The molecule has 0 unspecified atom stereocenters. The lowest BCUT2D eigenvalue weighted by Gasteiger charge is -2.18. The minimum atomic E-state index is -0.504. The van der Waals surface area contributed by atoms with E-state index in [1.165, 1.54) is 33.5 Å². The highest BCUT2D eigenvalue weighted by Gasteiger charge is 2.17. The summed E-state index contributed by atoms with van der Waals surface area (Å²) in [5.74, 6) is 2.05. The molecule has 1 aliphatic heterocycles. The van der Waals surface area contributed by atoms with E-state index in [0.29, 0.717) is 52.9 Å². The van der Waals surface area contributed by atoms with Gasteiger partial charge in [-0.3, -0.25) is 19.5 Å². The van der Waals surface area contributed by atoms with Crippen molar-refractivity contribution in [2.24, 2.45) is 0 Å². The maximum Gasteiger partial charge on any atom is 0.271 e. The highest BCUT2D eigenvalue weighted by molar-refractivity contribution is 5.79. The second-order valence-electron chi connectivity index (χ2n) is 7.33. The molecule has 3 aromatic heterocycles. The highest BCUT2D eigenvalue weighted by Crippen LogP contribution is 2.33. The number of pyridine rings is 1. The van der Waals surface area contributed by atoms with Gasteiger partial charge in [-0.05, 0) is 30.3 Å². The molecule has 4 heterocycles. The molecule has 5 aromatic rings. The third-order valence-electron chi connectivity index (χ3n) is 5.35. The molecule has 0 atom stereocenters. The number of non-ortho nitro benzene ring substituents is 1. The molecule has 0 saturated carbocycles. The molecule has 33 heavy (non-hydrogen) atoms. The maximum absolute atomic E-state index is 13.2.